The fraction of sp³-hybridized carbons (Fsp3) is 0.571. The largest absolute Gasteiger partial charge is 0.316 e. The van der Waals surface area contributed by atoms with Crippen molar-refractivity contribution in [3.8, 4) is 0 Å². The van der Waals surface area contributed by atoms with Gasteiger partial charge in [0.05, 0.1) is 4.92 Å². The summed E-state index contributed by atoms with van der Waals surface area (Å²) in [6.07, 6.45) is 2.28. The van der Waals surface area contributed by atoms with Crippen molar-refractivity contribution in [1.82, 2.24) is 10.2 Å². The Balaban J connectivity index is 1.75. The highest BCUT2D eigenvalue weighted by Crippen LogP contribution is 2.37. The third-order valence-corrected chi connectivity index (χ3v) is 4.48. The smallest absolute Gasteiger partial charge is 0.274 e. The first kappa shape index (κ1) is 13.5. The second-order valence-corrected chi connectivity index (χ2v) is 5.92. The molecule has 2 heterocycles. The SMILES string of the molecule is O=[N+]([O-])c1ccc(F)cc1CN1CCC2(CCNC2)C1. The van der Waals surface area contributed by atoms with Crippen LogP contribution in [-0.2, 0) is 6.54 Å². The minimum atomic E-state index is -0.433. The Morgan fingerprint density at radius 2 is 2.30 bits per heavy atom. The number of nitrogens with one attached hydrogen (secondary N) is 1. The maximum Gasteiger partial charge on any atom is 0.274 e. The fourth-order valence-corrected chi connectivity index (χ4v) is 3.41. The van der Waals surface area contributed by atoms with Gasteiger partial charge in [0.25, 0.3) is 5.69 Å². The van der Waals surface area contributed by atoms with E-state index in [2.05, 4.69) is 10.2 Å². The van der Waals surface area contributed by atoms with Crippen LogP contribution in [0, 0.1) is 21.3 Å². The lowest BCUT2D eigenvalue weighted by Crippen LogP contribution is -2.29. The summed E-state index contributed by atoms with van der Waals surface area (Å²) in [5.41, 5.74) is 0.803. The molecule has 108 valence electrons. The fourth-order valence-electron chi connectivity index (χ4n) is 3.41. The minimum absolute atomic E-state index is 0.0110. The van der Waals surface area contributed by atoms with Gasteiger partial charge < -0.3 is 5.32 Å². The number of hydrogen-bond donors (Lipinski definition) is 1. The molecule has 0 bridgehead atoms. The van der Waals surface area contributed by atoms with Crippen molar-refractivity contribution < 1.29 is 9.31 Å². The van der Waals surface area contributed by atoms with Gasteiger partial charge in [-0.1, -0.05) is 0 Å². The Bertz CT molecular complexity index is 529. The highest BCUT2D eigenvalue weighted by atomic mass is 19.1. The molecule has 20 heavy (non-hydrogen) atoms. The molecule has 1 N–H and O–H groups in total. The molecule has 0 saturated carbocycles. The maximum absolute atomic E-state index is 13.3. The first-order valence-corrected chi connectivity index (χ1v) is 6.94. The summed E-state index contributed by atoms with van der Waals surface area (Å²) >= 11 is 0. The first-order valence-electron chi connectivity index (χ1n) is 6.94. The van der Waals surface area contributed by atoms with Gasteiger partial charge in [-0.15, -0.1) is 0 Å². The average molecular weight is 279 g/mol. The summed E-state index contributed by atoms with van der Waals surface area (Å²) in [6.45, 7) is 4.39. The van der Waals surface area contributed by atoms with Gasteiger partial charge in [-0.05, 0) is 43.5 Å². The molecule has 0 amide bonds. The Labute approximate surface area is 116 Å². The number of halogens is 1. The van der Waals surface area contributed by atoms with E-state index >= 15 is 0 Å². The molecule has 0 aliphatic carbocycles. The van der Waals surface area contributed by atoms with Gasteiger partial charge in [0.2, 0.25) is 0 Å². The lowest BCUT2D eigenvalue weighted by atomic mass is 9.86. The molecule has 2 fully saturated rings. The number of benzene rings is 1. The maximum atomic E-state index is 13.3. The van der Waals surface area contributed by atoms with Crippen molar-refractivity contribution in [3.05, 3.63) is 39.7 Å². The van der Waals surface area contributed by atoms with Crippen LogP contribution in [0.5, 0.6) is 0 Å². The molecule has 1 aromatic rings. The van der Waals surface area contributed by atoms with Crippen molar-refractivity contribution in [2.75, 3.05) is 26.2 Å². The normalized spacial score (nSPS) is 26.4. The van der Waals surface area contributed by atoms with Crippen LogP contribution >= 0.6 is 0 Å². The van der Waals surface area contributed by atoms with E-state index in [1.807, 2.05) is 0 Å². The van der Waals surface area contributed by atoms with Crippen LogP contribution in [0.15, 0.2) is 18.2 Å². The number of nitro groups is 1. The molecular weight excluding hydrogens is 261 g/mol. The van der Waals surface area contributed by atoms with E-state index in [1.165, 1.54) is 12.1 Å². The molecule has 2 aliphatic heterocycles. The number of nitro benzene ring substituents is 1. The predicted octanol–water partition coefficient (Wildman–Crippen LogP) is 1.92. The Morgan fingerprint density at radius 1 is 1.45 bits per heavy atom. The van der Waals surface area contributed by atoms with Gasteiger partial charge in [-0.25, -0.2) is 4.39 Å². The summed E-state index contributed by atoms with van der Waals surface area (Å²) in [5, 5.41) is 14.4. The van der Waals surface area contributed by atoms with Gasteiger partial charge in [-0.2, -0.15) is 0 Å². The average Bonchev–Trinajstić information content (AvgIpc) is 3.00. The summed E-state index contributed by atoms with van der Waals surface area (Å²) in [6, 6.07) is 3.69. The van der Waals surface area contributed by atoms with Crippen molar-refractivity contribution in [2.45, 2.75) is 19.4 Å². The molecule has 0 aromatic heterocycles. The molecule has 1 aromatic carbocycles. The van der Waals surface area contributed by atoms with Crippen molar-refractivity contribution >= 4 is 5.69 Å². The quantitative estimate of drug-likeness (QED) is 0.678. The van der Waals surface area contributed by atoms with Gasteiger partial charge in [0.1, 0.15) is 5.82 Å². The molecule has 2 saturated heterocycles. The van der Waals surface area contributed by atoms with Gasteiger partial charge in [-0.3, -0.25) is 15.0 Å². The topological polar surface area (TPSA) is 58.4 Å². The van der Waals surface area contributed by atoms with E-state index < -0.39 is 10.7 Å². The number of hydrogen-bond acceptors (Lipinski definition) is 4. The van der Waals surface area contributed by atoms with E-state index in [4.69, 9.17) is 0 Å². The van der Waals surface area contributed by atoms with Gasteiger partial charge in [0.15, 0.2) is 0 Å². The lowest BCUT2D eigenvalue weighted by molar-refractivity contribution is -0.385. The van der Waals surface area contributed by atoms with Crippen LogP contribution < -0.4 is 5.32 Å². The molecule has 6 heteroatoms. The predicted molar refractivity (Wildman–Crippen MR) is 72.9 cm³/mol. The van der Waals surface area contributed by atoms with Gasteiger partial charge in [0, 0.05) is 31.3 Å². The Morgan fingerprint density at radius 3 is 3.00 bits per heavy atom. The minimum Gasteiger partial charge on any atom is -0.316 e. The molecule has 5 nitrogen and oxygen atoms in total. The Kier molecular flexibility index (Phi) is 3.43. The second-order valence-electron chi connectivity index (χ2n) is 5.92. The molecule has 1 unspecified atom stereocenters. The zero-order chi connectivity index (χ0) is 14.2. The van der Waals surface area contributed by atoms with E-state index in [1.54, 1.807) is 0 Å². The monoisotopic (exact) mass is 279 g/mol. The van der Waals surface area contributed by atoms with Crippen LogP contribution in [0.4, 0.5) is 10.1 Å². The standard InChI is InChI=1S/C14H18FN3O2/c15-12-1-2-13(18(19)20)11(7-12)8-17-6-4-14(10-17)3-5-16-9-14/h1-2,7,16H,3-6,8-10H2. The molecule has 0 radical (unpaired) electrons. The second kappa shape index (κ2) is 5.10. The van der Waals surface area contributed by atoms with Crippen molar-refractivity contribution in [2.24, 2.45) is 5.41 Å². The molecule has 1 atom stereocenters. The van der Waals surface area contributed by atoms with Crippen LogP contribution in [0.1, 0.15) is 18.4 Å². The lowest BCUT2D eigenvalue weighted by Gasteiger charge is -2.22. The third-order valence-electron chi connectivity index (χ3n) is 4.48. The van der Waals surface area contributed by atoms with Crippen molar-refractivity contribution in [3.63, 3.8) is 0 Å². The summed E-state index contributed by atoms with van der Waals surface area (Å²) in [5.74, 6) is -0.415. The highest BCUT2D eigenvalue weighted by molar-refractivity contribution is 5.40. The third kappa shape index (κ3) is 2.53. The summed E-state index contributed by atoms with van der Waals surface area (Å²) < 4.78 is 13.3. The van der Waals surface area contributed by atoms with E-state index in [9.17, 15) is 14.5 Å². The Hall–Kier alpha value is -1.53. The zero-order valence-electron chi connectivity index (χ0n) is 11.3. The number of rotatable bonds is 3. The molecular formula is C14H18FN3O2. The molecule has 2 aliphatic rings. The van der Waals surface area contributed by atoms with Crippen LogP contribution in [-0.4, -0.2) is 36.0 Å². The number of likely N-dealkylation sites (tertiary alicyclic amines) is 1. The molecule has 1 spiro atoms. The number of nitrogens with zero attached hydrogens (tertiary/aromatic N) is 2. The van der Waals surface area contributed by atoms with Crippen LogP contribution in [0.2, 0.25) is 0 Å². The van der Waals surface area contributed by atoms with Crippen LogP contribution in [0.3, 0.4) is 0 Å². The van der Waals surface area contributed by atoms with Crippen LogP contribution in [0.25, 0.3) is 0 Å². The van der Waals surface area contributed by atoms with E-state index in [0.29, 0.717) is 17.5 Å². The van der Waals surface area contributed by atoms with E-state index in [0.717, 1.165) is 45.1 Å². The summed E-state index contributed by atoms with van der Waals surface area (Å²) in [7, 11) is 0. The van der Waals surface area contributed by atoms with Crippen molar-refractivity contribution in [1.29, 1.82) is 0 Å². The van der Waals surface area contributed by atoms with E-state index in [-0.39, 0.29) is 5.69 Å². The first-order chi connectivity index (χ1) is 9.58. The zero-order valence-corrected chi connectivity index (χ0v) is 11.3. The molecule has 3 rings (SSSR count). The highest BCUT2D eigenvalue weighted by Gasteiger charge is 2.40. The van der Waals surface area contributed by atoms with Gasteiger partial charge >= 0.3 is 0 Å². The summed E-state index contributed by atoms with van der Waals surface area (Å²) in [4.78, 5) is 12.8.